The molecule has 4 aromatic rings. The molecule has 0 aliphatic carbocycles. The van der Waals surface area contributed by atoms with Gasteiger partial charge >= 0.3 is 0 Å². The van der Waals surface area contributed by atoms with E-state index in [0.29, 0.717) is 38.6 Å². The summed E-state index contributed by atoms with van der Waals surface area (Å²) >= 11 is 0. The lowest BCUT2D eigenvalue weighted by molar-refractivity contribution is 0.558. The van der Waals surface area contributed by atoms with Crippen LogP contribution in [-0.4, -0.2) is 0 Å². The molecule has 0 bridgehead atoms. The predicted molar refractivity (Wildman–Crippen MR) is 85.5 cm³/mol. The molecule has 2 aromatic heterocycles. The monoisotopic (exact) mass is 292 g/mol. The van der Waals surface area contributed by atoms with E-state index in [1.807, 2.05) is 0 Å². The van der Waals surface area contributed by atoms with Crippen molar-refractivity contribution in [1.29, 1.82) is 0 Å². The van der Waals surface area contributed by atoms with E-state index in [1.165, 1.54) is 0 Å². The molecule has 0 spiro atoms. The van der Waals surface area contributed by atoms with Gasteiger partial charge < -0.3 is 8.83 Å². The minimum absolute atomic E-state index is 0.142. The first-order chi connectivity index (χ1) is 10.6. The highest BCUT2D eigenvalue weighted by atomic mass is 16.3. The molecule has 22 heavy (non-hydrogen) atoms. The Balaban J connectivity index is 2.38. The highest BCUT2D eigenvalue weighted by Gasteiger charge is 2.16. The Hall–Kier alpha value is -2.88. The third-order valence-electron chi connectivity index (χ3n) is 4.07. The van der Waals surface area contributed by atoms with Crippen LogP contribution in [-0.2, 0) is 0 Å². The van der Waals surface area contributed by atoms with Gasteiger partial charge in [0.2, 0.25) is 5.43 Å². The normalized spacial score (nSPS) is 11.5. The number of hydrogen-bond acceptors (Lipinski definition) is 4. The molecule has 4 heteroatoms. The first-order valence-corrected chi connectivity index (χ1v) is 6.96. The summed E-state index contributed by atoms with van der Waals surface area (Å²) in [5, 5.41) is 1.22. The molecule has 0 radical (unpaired) electrons. The summed E-state index contributed by atoms with van der Waals surface area (Å²) in [6.45, 7) is 3.45. The number of aryl methyl sites for hydroxylation is 1. The summed E-state index contributed by atoms with van der Waals surface area (Å²) in [6.07, 6.45) is 0. The van der Waals surface area contributed by atoms with Gasteiger partial charge in [-0.25, -0.2) is 0 Å². The van der Waals surface area contributed by atoms with Crippen LogP contribution in [0.2, 0.25) is 0 Å². The maximum Gasteiger partial charge on any atom is 0.200 e. The second kappa shape index (κ2) is 4.31. The van der Waals surface area contributed by atoms with Crippen molar-refractivity contribution in [3.05, 3.63) is 68.2 Å². The van der Waals surface area contributed by atoms with Crippen molar-refractivity contribution >= 4 is 32.9 Å². The molecule has 0 unspecified atom stereocenters. The molecule has 0 aliphatic heterocycles. The average Bonchev–Trinajstić information content (AvgIpc) is 2.52. The van der Waals surface area contributed by atoms with Gasteiger partial charge in [-0.15, -0.1) is 0 Å². The van der Waals surface area contributed by atoms with Crippen molar-refractivity contribution in [2.45, 2.75) is 13.8 Å². The van der Waals surface area contributed by atoms with Crippen LogP contribution in [0.4, 0.5) is 0 Å². The Morgan fingerprint density at radius 2 is 1.55 bits per heavy atom. The molecule has 0 atom stereocenters. The third kappa shape index (κ3) is 1.58. The van der Waals surface area contributed by atoms with Crippen molar-refractivity contribution in [2.24, 2.45) is 0 Å². The molecule has 2 heterocycles. The summed E-state index contributed by atoms with van der Waals surface area (Å²) in [5.74, 6) is 0.569. The molecular formula is C18H12O4. The van der Waals surface area contributed by atoms with Gasteiger partial charge in [-0.1, -0.05) is 12.1 Å². The second-order valence-corrected chi connectivity index (χ2v) is 5.36. The molecule has 0 fully saturated rings. The highest BCUT2D eigenvalue weighted by Crippen LogP contribution is 2.25. The molecular weight excluding hydrogens is 280 g/mol. The van der Waals surface area contributed by atoms with Gasteiger partial charge in [0.25, 0.3) is 0 Å². The van der Waals surface area contributed by atoms with Crippen molar-refractivity contribution in [3.63, 3.8) is 0 Å². The van der Waals surface area contributed by atoms with E-state index in [4.69, 9.17) is 8.83 Å². The van der Waals surface area contributed by atoms with Crippen LogP contribution in [0.1, 0.15) is 11.3 Å². The zero-order valence-electron chi connectivity index (χ0n) is 12.1. The quantitative estimate of drug-likeness (QED) is 0.366. The van der Waals surface area contributed by atoms with Crippen LogP contribution >= 0.6 is 0 Å². The molecule has 0 aliphatic rings. The largest absolute Gasteiger partial charge is 0.461 e. The zero-order valence-corrected chi connectivity index (χ0v) is 12.1. The summed E-state index contributed by atoms with van der Waals surface area (Å²) in [6, 6.07) is 10.3. The minimum atomic E-state index is -0.164. The number of fused-ring (bicyclic) bond motifs is 4. The van der Waals surface area contributed by atoms with Gasteiger partial charge in [-0.2, -0.15) is 0 Å². The summed E-state index contributed by atoms with van der Waals surface area (Å²) in [7, 11) is 0. The minimum Gasteiger partial charge on any atom is -0.461 e. The molecule has 4 rings (SSSR count). The maximum atomic E-state index is 12.6. The number of hydrogen-bond donors (Lipinski definition) is 0. The molecule has 4 nitrogen and oxygen atoms in total. The Bertz CT molecular complexity index is 1180. The Morgan fingerprint density at radius 1 is 0.773 bits per heavy atom. The third-order valence-corrected chi connectivity index (χ3v) is 4.07. The molecule has 0 amide bonds. The van der Waals surface area contributed by atoms with Gasteiger partial charge in [0.05, 0.1) is 10.8 Å². The van der Waals surface area contributed by atoms with Crippen LogP contribution in [0.25, 0.3) is 32.9 Å². The lowest BCUT2D eigenvalue weighted by atomic mass is 10.1. The van der Waals surface area contributed by atoms with E-state index in [-0.39, 0.29) is 16.4 Å². The van der Waals surface area contributed by atoms with E-state index in [1.54, 1.807) is 50.2 Å². The zero-order chi connectivity index (χ0) is 15.4. The lowest BCUT2D eigenvalue weighted by Crippen LogP contribution is -2.10. The average molecular weight is 292 g/mol. The van der Waals surface area contributed by atoms with Crippen molar-refractivity contribution in [3.8, 4) is 0 Å². The van der Waals surface area contributed by atoms with Crippen molar-refractivity contribution in [2.75, 3.05) is 0 Å². The van der Waals surface area contributed by atoms with E-state index < -0.39 is 0 Å². The summed E-state index contributed by atoms with van der Waals surface area (Å²) in [5.41, 5.74) is 1.40. The Morgan fingerprint density at radius 3 is 2.36 bits per heavy atom. The summed E-state index contributed by atoms with van der Waals surface area (Å²) < 4.78 is 11.5. The Kier molecular flexibility index (Phi) is 2.51. The predicted octanol–water partition coefficient (Wildman–Crippen LogP) is 3.67. The van der Waals surface area contributed by atoms with Crippen LogP contribution in [0, 0.1) is 13.8 Å². The van der Waals surface area contributed by atoms with Crippen LogP contribution in [0.3, 0.4) is 0 Å². The van der Waals surface area contributed by atoms with Crippen molar-refractivity contribution in [1.82, 2.24) is 0 Å². The molecule has 0 saturated heterocycles. The molecule has 0 saturated carbocycles. The van der Waals surface area contributed by atoms with Crippen LogP contribution in [0.5, 0.6) is 0 Å². The topological polar surface area (TPSA) is 60.4 Å². The maximum absolute atomic E-state index is 12.6. The summed E-state index contributed by atoms with van der Waals surface area (Å²) in [4.78, 5) is 25.2. The fraction of sp³-hybridized carbons (Fsp3) is 0.111. The SMILES string of the molecule is Cc1oc2ccc3c(=O)c4ccccc4oc3c2c(=O)c1C. The van der Waals surface area contributed by atoms with Crippen molar-refractivity contribution < 1.29 is 8.83 Å². The lowest BCUT2D eigenvalue weighted by Gasteiger charge is -2.06. The van der Waals surface area contributed by atoms with Gasteiger partial charge in [0.1, 0.15) is 22.3 Å². The first-order valence-electron chi connectivity index (χ1n) is 6.96. The fourth-order valence-electron chi connectivity index (χ4n) is 2.74. The fourth-order valence-corrected chi connectivity index (χ4v) is 2.74. The van der Waals surface area contributed by atoms with E-state index in [2.05, 4.69) is 0 Å². The highest BCUT2D eigenvalue weighted by molar-refractivity contribution is 6.04. The number of para-hydroxylation sites is 1. The van der Waals surface area contributed by atoms with Gasteiger partial charge in [0, 0.05) is 5.56 Å². The smallest absolute Gasteiger partial charge is 0.200 e. The van der Waals surface area contributed by atoms with Crippen LogP contribution in [0.15, 0.2) is 54.8 Å². The standard InChI is InChI=1S/C18H12O4/c1-9-10(2)21-14-8-7-12-17(20)11-5-3-4-6-13(11)22-18(12)15(14)16(9)19/h3-8H,1-2H3. The molecule has 0 N–H and O–H groups in total. The first kappa shape index (κ1) is 12.8. The van der Waals surface area contributed by atoms with Gasteiger partial charge in [0.15, 0.2) is 11.0 Å². The Labute approximate surface area is 124 Å². The molecule has 108 valence electrons. The van der Waals surface area contributed by atoms with Gasteiger partial charge in [-0.3, -0.25) is 9.59 Å². The van der Waals surface area contributed by atoms with E-state index in [9.17, 15) is 9.59 Å². The van der Waals surface area contributed by atoms with E-state index in [0.717, 1.165) is 0 Å². The second-order valence-electron chi connectivity index (χ2n) is 5.36. The van der Waals surface area contributed by atoms with Gasteiger partial charge in [-0.05, 0) is 38.1 Å². The van der Waals surface area contributed by atoms with Crippen LogP contribution < -0.4 is 10.9 Å². The van der Waals surface area contributed by atoms with E-state index >= 15 is 0 Å². The number of benzene rings is 2. The molecule has 2 aromatic carbocycles. The number of rotatable bonds is 0.